The zero-order valence-electron chi connectivity index (χ0n) is 11.8. The van der Waals surface area contributed by atoms with Crippen LogP contribution in [0, 0.1) is 0 Å². The highest BCUT2D eigenvalue weighted by Gasteiger charge is 2.32. The predicted octanol–water partition coefficient (Wildman–Crippen LogP) is 4.25. The third-order valence-electron chi connectivity index (χ3n) is 3.86. The van der Waals surface area contributed by atoms with Crippen LogP contribution in [-0.4, -0.2) is 22.0 Å². The van der Waals surface area contributed by atoms with Gasteiger partial charge in [-0.3, -0.25) is 5.32 Å². The van der Waals surface area contributed by atoms with Gasteiger partial charge in [-0.25, -0.2) is 4.79 Å². The zero-order valence-corrected chi connectivity index (χ0v) is 13.4. The van der Waals surface area contributed by atoms with Gasteiger partial charge >= 0.3 is 6.03 Å². The SMILES string of the molecule is O=C(Nc1cccs1)N1CCn2cccc2[C@H]1c1cccs1. The van der Waals surface area contributed by atoms with Crippen molar-refractivity contribution in [2.45, 2.75) is 12.6 Å². The van der Waals surface area contributed by atoms with Crippen LogP contribution < -0.4 is 5.32 Å². The highest BCUT2D eigenvalue weighted by atomic mass is 32.1. The first-order chi connectivity index (χ1) is 10.8. The molecule has 3 aromatic rings. The fourth-order valence-electron chi connectivity index (χ4n) is 2.88. The van der Waals surface area contributed by atoms with E-state index in [1.54, 1.807) is 22.7 Å². The Balaban J connectivity index is 1.67. The smallest absolute Gasteiger partial charge is 0.323 e. The van der Waals surface area contributed by atoms with Gasteiger partial charge in [0.15, 0.2) is 0 Å². The maximum atomic E-state index is 12.7. The molecule has 2 amide bonds. The quantitative estimate of drug-likeness (QED) is 0.750. The van der Waals surface area contributed by atoms with E-state index in [0.29, 0.717) is 6.54 Å². The second kappa shape index (κ2) is 5.62. The summed E-state index contributed by atoms with van der Waals surface area (Å²) in [5, 5.41) is 7.92. The molecule has 0 unspecified atom stereocenters. The van der Waals surface area contributed by atoms with Gasteiger partial charge in [-0.1, -0.05) is 6.07 Å². The van der Waals surface area contributed by atoms with Gasteiger partial charge < -0.3 is 9.47 Å². The second-order valence-electron chi connectivity index (χ2n) is 5.15. The molecule has 0 spiro atoms. The van der Waals surface area contributed by atoms with E-state index in [1.807, 2.05) is 28.5 Å². The summed E-state index contributed by atoms with van der Waals surface area (Å²) in [6.45, 7) is 1.55. The van der Waals surface area contributed by atoms with Crippen LogP contribution in [0.1, 0.15) is 16.6 Å². The van der Waals surface area contributed by atoms with E-state index in [1.165, 1.54) is 10.6 Å². The number of carbonyl (C=O) groups is 1. The van der Waals surface area contributed by atoms with Crippen LogP contribution in [0.3, 0.4) is 0 Å². The van der Waals surface area contributed by atoms with Gasteiger partial charge in [0.2, 0.25) is 0 Å². The number of hydrogen-bond donors (Lipinski definition) is 1. The zero-order chi connectivity index (χ0) is 14.9. The van der Waals surface area contributed by atoms with E-state index in [-0.39, 0.29) is 12.1 Å². The number of anilines is 1. The lowest BCUT2D eigenvalue weighted by Crippen LogP contribution is -2.44. The van der Waals surface area contributed by atoms with E-state index in [9.17, 15) is 4.79 Å². The summed E-state index contributed by atoms with van der Waals surface area (Å²) in [5.74, 6) is 0. The van der Waals surface area contributed by atoms with Gasteiger partial charge in [-0.05, 0) is 41.1 Å². The largest absolute Gasteiger partial charge is 0.347 e. The molecule has 0 saturated heterocycles. The maximum absolute atomic E-state index is 12.7. The maximum Gasteiger partial charge on any atom is 0.323 e. The molecular weight excluding hydrogens is 314 g/mol. The van der Waals surface area contributed by atoms with Crippen LogP contribution in [0.15, 0.2) is 53.4 Å². The number of fused-ring (bicyclic) bond motifs is 1. The number of urea groups is 1. The molecule has 1 aliphatic heterocycles. The lowest BCUT2D eigenvalue weighted by Gasteiger charge is -2.36. The van der Waals surface area contributed by atoms with Crippen molar-refractivity contribution < 1.29 is 4.79 Å². The predicted molar refractivity (Wildman–Crippen MR) is 90.6 cm³/mol. The van der Waals surface area contributed by atoms with Crippen molar-refractivity contribution in [1.29, 1.82) is 0 Å². The van der Waals surface area contributed by atoms with Gasteiger partial charge in [0.25, 0.3) is 0 Å². The Morgan fingerprint density at radius 2 is 1.95 bits per heavy atom. The number of amides is 2. The second-order valence-corrected chi connectivity index (χ2v) is 7.07. The average Bonchev–Trinajstić information content (AvgIpc) is 3.27. The van der Waals surface area contributed by atoms with E-state index in [0.717, 1.165) is 11.5 Å². The highest BCUT2D eigenvalue weighted by Crippen LogP contribution is 2.35. The highest BCUT2D eigenvalue weighted by molar-refractivity contribution is 7.14. The minimum absolute atomic E-state index is 0.0105. The molecule has 0 fully saturated rings. The fraction of sp³-hybridized carbons (Fsp3) is 0.188. The Morgan fingerprint density at radius 3 is 2.73 bits per heavy atom. The molecule has 22 heavy (non-hydrogen) atoms. The number of hydrogen-bond acceptors (Lipinski definition) is 3. The molecule has 1 aliphatic rings. The van der Waals surface area contributed by atoms with Crippen molar-refractivity contribution in [2.75, 3.05) is 11.9 Å². The molecule has 4 nitrogen and oxygen atoms in total. The summed E-state index contributed by atoms with van der Waals surface area (Å²) in [7, 11) is 0. The van der Waals surface area contributed by atoms with E-state index >= 15 is 0 Å². The van der Waals surface area contributed by atoms with E-state index in [4.69, 9.17) is 0 Å². The molecule has 1 atom stereocenters. The van der Waals surface area contributed by atoms with Crippen molar-refractivity contribution >= 4 is 33.7 Å². The van der Waals surface area contributed by atoms with Crippen molar-refractivity contribution in [3.8, 4) is 0 Å². The number of nitrogens with one attached hydrogen (secondary N) is 1. The first-order valence-corrected chi connectivity index (χ1v) is 8.88. The Hall–Kier alpha value is -2.05. The van der Waals surface area contributed by atoms with Gasteiger partial charge in [-0.15, -0.1) is 22.7 Å². The van der Waals surface area contributed by atoms with Crippen molar-refractivity contribution in [2.24, 2.45) is 0 Å². The van der Waals surface area contributed by atoms with Gasteiger partial charge in [0.1, 0.15) is 6.04 Å². The number of thiophene rings is 2. The molecule has 4 heterocycles. The van der Waals surface area contributed by atoms with E-state index < -0.39 is 0 Å². The molecular formula is C16H15N3OS2. The molecule has 0 saturated carbocycles. The van der Waals surface area contributed by atoms with Gasteiger partial charge in [0.05, 0.1) is 5.00 Å². The Labute approximate surface area is 136 Å². The Morgan fingerprint density at radius 1 is 1.09 bits per heavy atom. The molecule has 112 valence electrons. The Kier molecular flexibility index (Phi) is 3.48. The minimum Gasteiger partial charge on any atom is -0.347 e. The molecule has 0 aromatic carbocycles. The molecule has 1 N–H and O–H groups in total. The fourth-order valence-corrected chi connectivity index (χ4v) is 4.33. The summed E-state index contributed by atoms with van der Waals surface area (Å²) < 4.78 is 2.24. The van der Waals surface area contributed by atoms with Gasteiger partial charge in [-0.2, -0.15) is 0 Å². The molecule has 0 aliphatic carbocycles. The molecule has 3 aromatic heterocycles. The number of rotatable bonds is 2. The first kappa shape index (κ1) is 13.6. The van der Waals surface area contributed by atoms with Crippen LogP contribution in [0.5, 0.6) is 0 Å². The molecule has 0 bridgehead atoms. The lowest BCUT2D eigenvalue weighted by atomic mass is 10.1. The summed E-state index contributed by atoms with van der Waals surface area (Å²) in [6.07, 6.45) is 2.09. The van der Waals surface area contributed by atoms with Crippen molar-refractivity contribution in [3.05, 3.63) is 63.9 Å². The number of carbonyl (C=O) groups excluding carboxylic acids is 1. The average molecular weight is 329 g/mol. The van der Waals surface area contributed by atoms with Crippen LogP contribution >= 0.6 is 22.7 Å². The van der Waals surface area contributed by atoms with Crippen LogP contribution in [-0.2, 0) is 6.54 Å². The molecule has 6 heteroatoms. The van der Waals surface area contributed by atoms with Crippen LogP contribution in [0.4, 0.5) is 9.80 Å². The number of aromatic nitrogens is 1. The third-order valence-corrected chi connectivity index (χ3v) is 5.57. The monoisotopic (exact) mass is 329 g/mol. The minimum atomic E-state index is -0.0340. The van der Waals surface area contributed by atoms with Gasteiger partial charge in [0, 0.05) is 29.9 Å². The van der Waals surface area contributed by atoms with Crippen LogP contribution in [0.2, 0.25) is 0 Å². The standard InChI is InChI=1S/C16H15N3OS2/c20-16(17-14-6-3-11-22-14)19-9-8-18-7-1-4-12(18)15(19)13-5-2-10-21-13/h1-7,10-11,15H,8-9H2,(H,17,20)/t15-/m0/s1. The number of nitrogens with zero attached hydrogens (tertiary/aromatic N) is 2. The lowest BCUT2D eigenvalue weighted by molar-refractivity contribution is 0.183. The summed E-state index contributed by atoms with van der Waals surface area (Å²) in [6, 6.07) is 12.1. The van der Waals surface area contributed by atoms with E-state index in [2.05, 4.69) is 39.7 Å². The third kappa shape index (κ3) is 2.34. The normalized spacial score (nSPS) is 17.3. The first-order valence-electron chi connectivity index (χ1n) is 7.12. The summed E-state index contributed by atoms with van der Waals surface area (Å²) >= 11 is 3.23. The van der Waals surface area contributed by atoms with Crippen molar-refractivity contribution in [3.63, 3.8) is 0 Å². The summed E-state index contributed by atoms with van der Waals surface area (Å²) in [5.41, 5.74) is 1.18. The summed E-state index contributed by atoms with van der Waals surface area (Å²) in [4.78, 5) is 15.8. The topological polar surface area (TPSA) is 37.3 Å². The molecule has 4 rings (SSSR count). The van der Waals surface area contributed by atoms with Crippen LogP contribution in [0.25, 0.3) is 0 Å². The Bertz CT molecular complexity index is 761. The van der Waals surface area contributed by atoms with Crippen molar-refractivity contribution in [1.82, 2.24) is 9.47 Å². The molecule has 0 radical (unpaired) electrons.